The first-order valence-electron chi connectivity index (χ1n) is 8.70. The lowest BCUT2D eigenvalue weighted by Crippen LogP contribution is -2.24. The number of nitrogens with zero attached hydrogens (tertiary/aromatic N) is 4. The van der Waals surface area contributed by atoms with Gasteiger partial charge in [0.1, 0.15) is 0 Å². The normalized spacial score (nSPS) is 11.0. The van der Waals surface area contributed by atoms with Crippen LogP contribution in [0.3, 0.4) is 0 Å². The van der Waals surface area contributed by atoms with Crippen LogP contribution in [0.15, 0.2) is 71.7 Å². The molecule has 0 radical (unpaired) electrons. The number of pyridine rings is 1. The first-order chi connectivity index (χ1) is 13.5. The highest BCUT2D eigenvalue weighted by Crippen LogP contribution is 2.20. The van der Waals surface area contributed by atoms with Gasteiger partial charge in [0.05, 0.1) is 16.1 Å². The fourth-order valence-corrected chi connectivity index (χ4v) is 3.21. The third-order valence-electron chi connectivity index (χ3n) is 4.59. The van der Waals surface area contributed by atoms with Crippen molar-refractivity contribution in [3.8, 4) is 5.69 Å². The number of nitrogen functional groups attached to an aromatic ring is 1. The molecule has 8 nitrogen and oxygen atoms in total. The lowest BCUT2D eigenvalue weighted by molar-refractivity contribution is -0.384. The minimum atomic E-state index is -0.484. The van der Waals surface area contributed by atoms with Crippen molar-refractivity contribution in [2.75, 3.05) is 5.73 Å². The van der Waals surface area contributed by atoms with Gasteiger partial charge in [-0.25, -0.2) is 14.3 Å². The lowest BCUT2D eigenvalue weighted by atomic mass is 10.1. The predicted molar refractivity (Wildman–Crippen MR) is 107 cm³/mol. The van der Waals surface area contributed by atoms with E-state index in [1.807, 2.05) is 30.3 Å². The molecule has 0 saturated heterocycles. The molecule has 0 saturated carbocycles. The van der Waals surface area contributed by atoms with Crippen molar-refractivity contribution in [1.29, 1.82) is 0 Å². The zero-order valence-corrected chi connectivity index (χ0v) is 14.9. The molecule has 0 atom stereocenters. The largest absolute Gasteiger partial charge is 0.399 e. The first-order valence-corrected chi connectivity index (χ1v) is 8.70. The van der Waals surface area contributed by atoms with E-state index in [9.17, 15) is 14.9 Å². The Morgan fingerprint density at radius 1 is 1.07 bits per heavy atom. The van der Waals surface area contributed by atoms with Gasteiger partial charge in [-0.1, -0.05) is 18.2 Å². The van der Waals surface area contributed by atoms with Gasteiger partial charge < -0.3 is 5.73 Å². The standard InChI is InChI=1S/C20H17N5O3/c21-15-8-6-14(7-9-15)10-12-23-18-5-2-11-22-19(18)24(20(23)26)16-3-1-4-17(13-16)25(27)28/h1-9,11,13H,10,12,21H2. The fraction of sp³-hybridized carbons (Fsp3) is 0.100. The number of nitrogens with two attached hydrogens (primary N) is 1. The first kappa shape index (κ1) is 17.5. The lowest BCUT2D eigenvalue weighted by Gasteiger charge is -2.04. The number of benzene rings is 2. The van der Waals surface area contributed by atoms with Crippen LogP contribution in [0.4, 0.5) is 11.4 Å². The molecular weight excluding hydrogens is 358 g/mol. The van der Waals surface area contributed by atoms with E-state index in [-0.39, 0.29) is 11.4 Å². The van der Waals surface area contributed by atoms with Crippen molar-refractivity contribution in [3.63, 3.8) is 0 Å². The van der Waals surface area contributed by atoms with Crippen LogP contribution in [-0.2, 0) is 13.0 Å². The van der Waals surface area contributed by atoms with Gasteiger partial charge in [0, 0.05) is 30.6 Å². The van der Waals surface area contributed by atoms with E-state index in [2.05, 4.69) is 4.98 Å². The van der Waals surface area contributed by atoms with E-state index in [1.165, 1.54) is 16.7 Å². The Morgan fingerprint density at radius 3 is 2.61 bits per heavy atom. The number of hydrogen-bond donors (Lipinski definition) is 1. The van der Waals surface area contributed by atoms with Crippen molar-refractivity contribution in [2.24, 2.45) is 0 Å². The summed E-state index contributed by atoms with van der Waals surface area (Å²) < 4.78 is 3.04. The summed E-state index contributed by atoms with van der Waals surface area (Å²) in [5, 5.41) is 11.1. The molecule has 0 fully saturated rings. The van der Waals surface area contributed by atoms with E-state index in [4.69, 9.17) is 5.73 Å². The summed E-state index contributed by atoms with van der Waals surface area (Å²) in [6, 6.07) is 17.1. The van der Waals surface area contributed by atoms with Crippen molar-refractivity contribution in [2.45, 2.75) is 13.0 Å². The molecule has 0 aliphatic rings. The molecule has 8 heteroatoms. The molecule has 28 heavy (non-hydrogen) atoms. The van der Waals surface area contributed by atoms with Crippen LogP contribution in [0, 0.1) is 10.1 Å². The van der Waals surface area contributed by atoms with E-state index < -0.39 is 4.92 Å². The maximum absolute atomic E-state index is 13.1. The van der Waals surface area contributed by atoms with Crippen molar-refractivity contribution >= 4 is 22.5 Å². The number of hydrogen-bond acceptors (Lipinski definition) is 5. The maximum atomic E-state index is 13.1. The molecule has 0 unspecified atom stereocenters. The van der Waals surface area contributed by atoms with E-state index in [0.717, 1.165) is 5.56 Å². The summed E-state index contributed by atoms with van der Waals surface area (Å²) >= 11 is 0. The van der Waals surface area contributed by atoms with E-state index >= 15 is 0 Å². The highest BCUT2D eigenvalue weighted by Gasteiger charge is 2.17. The molecular formula is C20H17N5O3. The van der Waals surface area contributed by atoms with Crippen LogP contribution < -0.4 is 11.4 Å². The summed E-state index contributed by atoms with van der Waals surface area (Å²) in [6.45, 7) is 0.451. The third kappa shape index (κ3) is 3.11. The number of rotatable bonds is 5. The Hall–Kier alpha value is -3.94. The molecule has 0 bridgehead atoms. The Labute approximate surface area is 159 Å². The molecule has 4 aromatic rings. The monoisotopic (exact) mass is 375 g/mol. The Bertz CT molecular complexity index is 1220. The predicted octanol–water partition coefficient (Wildman–Crippen LogP) is 2.92. The van der Waals surface area contributed by atoms with Crippen LogP contribution in [0.5, 0.6) is 0 Å². The number of imidazole rings is 1. The summed E-state index contributed by atoms with van der Waals surface area (Å²) in [6.07, 6.45) is 2.24. The second-order valence-corrected chi connectivity index (χ2v) is 6.38. The molecule has 0 spiro atoms. The number of fused-ring (bicyclic) bond motifs is 1. The van der Waals surface area contributed by atoms with Crippen molar-refractivity contribution in [1.82, 2.24) is 14.1 Å². The average molecular weight is 375 g/mol. The smallest absolute Gasteiger partial charge is 0.334 e. The number of anilines is 1. The maximum Gasteiger partial charge on any atom is 0.334 e. The van der Waals surface area contributed by atoms with Gasteiger partial charge >= 0.3 is 5.69 Å². The van der Waals surface area contributed by atoms with Gasteiger partial charge in [0.25, 0.3) is 5.69 Å². The Morgan fingerprint density at radius 2 is 1.86 bits per heavy atom. The molecule has 140 valence electrons. The number of aromatic nitrogens is 3. The summed E-state index contributed by atoms with van der Waals surface area (Å²) in [5.41, 5.74) is 8.65. The number of non-ortho nitro benzene ring substituents is 1. The van der Waals surface area contributed by atoms with Gasteiger partial charge in [-0.2, -0.15) is 0 Å². The quantitative estimate of drug-likeness (QED) is 0.328. The SMILES string of the molecule is Nc1ccc(CCn2c(=O)n(-c3cccc([N+](=O)[O-])c3)c3ncccc32)cc1. The van der Waals surface area contributed by atoms with Gasteiger partial charge in [-0.05, 0) is 42.3 Å². The topological polar surface area (TPSA) is 109 Å². The molecule has 0 amide bonds. The molecule has 2 N–H and O–H groups in total. The minimum absolute atomic E-state index is 0.0805. The summed E-state index contributed by atoms with van der Waals surface area (Å²) in [5.74, 6) is 0. The highest BCUT2D eigenvalue weighted by atomic mass is 16.6. The fourth-order valence-electron chi connectivity index (χ4n) is 3.21. The summed E-state index contributed by atoms with van der Waals surface area (Å²) in [7, 11) is 0. The van der Waals surface area contributed by atoms with Crippen LogP contribution in [-0.4, -0.2) is 19.0 Å². The zero-order valence-electron chi connectivity index (χ0n) is 14.9. The number of nitro benzene ring substituents is 1. The van der Waals surface area contributed by atoms with Gasteiger partial charge in [-0.3, -0.25) is 14.7 Å². The van der Waals surface area contributed by atoms with Crippen molar-refractivity contribution in [3.05, 3.63) is 93.0 Å². The van der Waals surface area contributed by atoms with Gasteiger partial charge in [-0.15, -0.1) is 0 Å². The molecule has 4 rings (SSSR count). The van der Waals surface area contributed by atoms with Crippen molar-refractivity contribution < 1.29 is 4.92 Å². The molecule has 2 aromatic heterocycles. The average Bonchev–Trinajstić information content (AvgIpc) is 2.99. The molecule has 2 heterocycles. The second kappa shape index (κ2) is 6.99. The van der Waals surface area contributed by atoms with Crippen LogP contribution in [0.2, 0.25) is 0 Å². The van der Waals surface area contributed by atoms with Crippen LogP contribution in [0.25, 0.3) is 16.9 Å². The molecule has 0 aliphatic carbocycles. The van der Waals surface area contributed by atoms with E-state index in [0.29, 0.717) is 35.5 Å². The van der Waals surface area contributed by atoms with Gasteiger partial charge in [0.2, 0.25) is 0 Å². The highest BCUT2D eigenvalue weighted by molar-refractivity contribution is 5.74. The third-order valence-corrected chi connectivity index (χ3v) is 4.59. The van der Waals surface area contributed by atoms with Crippen LogP contribution in [0.1, 0.15) is 5.56 Å². The minimum Gasteiger partial charge on any atom is -0.399 e. The van der Waals surface area contributed by atoms with E-state index in [1.54, 1.807) is 29.0 Å². The number of nitro groups is 1. The molecule has 2 aromatic carbocycles. The second-order valence-electron chi connectivity index (χ2n) is 6.38. The Kier molecular flexibility index (Phi) is 4.36. The van der Waals surface area contributed by atoms with Gasteiger partial charge in [0.15, 0.2) is 5.65 Å². The zero-order chi connectivity index (χ0) is 19.7. The molecule has 0 aliphatic heterocycles. The Balaban J connectivity index is 1.80. The summed E-state index contributed by atoms with van der Waals surface area (Å²) in [4.78, 5) is 28.1. The number of aryl methyl sites for hydroxylation is 2. The van der Waals surface area contributed by atoms with Crippen LogP contribution >= 0.6 is 0 Å².